The molecular weight excluding hydrogens is 474 g/mol. The molecular formula is C37H42NO+. The lowest BCUT2D eigenvalue weighted by Crippen LogP contribution is -2.43. The van der Waals surface area contributed by atoms with E-state index in [2.05, 4.69) is 101 Å². The van der Waals surface area contributed by atoms with Crippen molar-refractivity contribution in [1.82, 2.24) is 0 Å². The minimum Gasteiger partial charge on any atom is -0.455 e. The summed E-state index contributed by atoms with van der Waals surface area (Å²) in [6.45, 7) is 11.9. The number of hydrogen-bond donors (Lipinski definition) is 0. The average molecular weight is 518 g/mol. The van der Waals surface area contributed by atoms with Crippen LogP contribution in [0.5, 0.6) is 0 Å². The molecule has 0 N–H and O–H groups in total. The lowest BCUT2D eigenvalue weighted by Gasteiger charge is -2.44. The summed E-state index contributed by atoms with van der Waals surface area (Å²) in [4.78, 5) is 0. The van der Waals surface area contributed by atoms with Gasteiger partial charge in [-0.2, -0.15) is 0 Å². The van der Waals surface area contributed by atoms with Crippen LogP contribution < -0.4 is 4.57 Å². The number of pyridine rings is 1. The Labute approximate surface area is 234 Å². The third-order valence-electron chi connectivity index (χ3n) is 9.95. The molecule has 2 aromatic heterocycles. The molecule has 1 fully saturated rings. The zero-order valence-electron chi connectivity index (χ0n) is 25.5. The van der Waals surface area contributed by atoms with Crippen LogP contribution >= 0.6 is 0 Å². The van der Waals surface area contributed by atoms with Crippen LogP contribution in [-0.4, -0.2) is 0 Å². The van der Waals surface area contributed by atoms with Gasteiger partial charge in [-0.25, -0.2) is 4.57 Å². The number of aromatic nitrogens is 1. The lowest BCUT2D eigenvalue weighted by molar-refractivity contribution is -0.661. The second kappa shape index (κ2) is 8.68. The van der Waals surface area contributed by atoms with E-state index >= 15 is 0 Å². The molecule has 2 heteroatoms. The smallest absolute Gasteiger partial charge is 0.220 e. The van der Waals surface area contributed by atoms with Crippen molar-refractivity contribution in [2.75, 3.05) is 0 Å². The Hall–Kier alpha value is -3.13. The summed E-state index contributed by atoms with van der Waals surface area (Å²) in [5.74, 6) is -0.510. The zero-order valence-corrected chi connectivity index (χ0v) is 24.5. The highest BCUT2D eigenvalue weighted by atomic mass is 16.3. The average Bonchev–Trinajstić information content (AvgIpc) is 3.27. The first-order chi connectivity index (χ1) is 19.0. The molecule has 2 aliphatic carbocycles. The molecule has 0 aliphatic heterocycles. The molecule has 5 aromatic rings. The summed E-state index contributed by atoms with van der Waals surface area (Å²) >= 11 is 0. The van der Waals surface area contributed by atoms with Gasteiger partial charge in [-0.15, -0.1) is 0 Å². The van der Waals surface area contributed by atoms with Crippen molar-refractivity contribution in [2.45, 2.75) is 96.3 Å². The summed E-state index contributed by atoms with van der Waals surface area (Å²) in [5, 5.41) is 4.80. The van der Waals surface area contributed by atoms with Crippen LogP contribution in [0.25, 0.3) is 44.0 Å². The number of aryl methyl sites for hydroxylation is 2. The number of benzene rings is 3. The third-order valence-corrected chi connectivity index (χ3v) is 9.95. The molecule has 39 heavy (non-hydrogen) atoms. The van der Waals surface area contributed by atoms with Gasteiger partial charge in [-0.05, 0) is 83.4 Å². The normalized spacial score (nSPS) is 20.3. The second-order valence-electron chi connectivity index (χ2n) is 13.6. The standard InChI is InChI=1S/C37H42NO/c1-23-16-17-27-28-20-25-14-10-11-15-26(25)21-30(28)39-35(27)31(23)34-33-32(36(2,3)18-19-37(33,4)5)29(22-38(34)6)24-12-8-7-9-13-24/h10-11,14-17,20-22,24H,7-9,12-13,18-19H2,1-6H3/q+1/i24D. The Morgan fingerprint density at radius 2 is 1.51 bits per heavy atom. The number of furan rings is 1. The molecule has 0 bridgehead atoms. The monoisotopic (exact) mass is 517 g/mol. The van der Waals surface area contributed by atoms with E-state index < -0.39 is 5.89 Å². The van der Waals surface area contributed by atoms with Gasteiger partial charge in [0.05, 0.1) is 5.56 Å². The van der Waals surface area contributed by atoms with E-state index in [4.69, 9.17) is 4.42 Å². The number of hydrogen-bond acceptors (Lipinski definition) is 1. The molecule has 1 saturated carbocycles. The van der Waals surface area contributed by atoms with Crippen molar-refractivity contribution >= 4 is 32.7 Å². The van der Waals surface area contributed by atoms with Crippen LogP contribution in [-0.2, 0) is 17.9 Å². The van der Waals surface area contributed by atoms with Crippen LogP contribution in [0.4, 0.5) is 0 Å². The van der Waals surface area contributed by atoms with E-state index in [1.54, 1.807) is 0 Å². The van der Waals surface area contributed by atoms with Crippen molar-refractivity contribution in [1.29, 1.82) is 0 Å². The summed E-state index contributed by atoms with van der Waals surface area (Å²) in [7, 11) is 2.21. The zero-order chi connectivity index (χ0) is 28.0. The molecule has 3 aromatic carbocycles. The van der Waals surface area contributed by atoms with Gasteiger partial charge in [0.15, 0.2) is 6.20 Å². The van der Waals surface area contributed by atoms with Crippen molar-refractivity contribution in [3.8, 4) is 11.3 Å². The number of rotatable bonds is 2. The van der Waals surface area contributed by atoms with Crippen molar-refractivity contribution in [3.63, 3.8) is 0 Å². The molecule has 2 aliphatic rings. The highest BCUT2D eigenvalue weighted by molar-refractivity contribution is 6.13. The van der Waals surface area contributed by atoms with E-state index in [1.807, 2.05) is 0 Å². The van der Waals surface area contributed by atoms with Crippen LogP contribution in [0.2, 0.25) is 0 Å². The predicted octanol–water partition coefficient (Wildman–Crippen LogP) is 9.94. The van der Waals surface area contributed by atoms with E-state index in [0.717, 1.165) is 49.7 Å². The van der Waals surface area contributed by atoms with Crippen molar-refractivity contribution in [3.05, 3.63) is 77.0 Å². The highest BCUT2D eigenvalue weighted by Crippen LogP contribution is 2.53. The quantitative estimate of drug-likeness (QED) is 0.213. The van der Waals surface area contributed by atoms with Gasteiger partial charge in [0.1, 0.15) is 18.2 Å². The van der Waals surface area contributed by atoms with Crippen LogP contribution in [0.15, 0.2) is 59.1 Å². The highest BCUT2D eigenvalue weighted by Gasteiger charge is 2.45. The van der Waals surface area contributed by atoms with Gasteiger partial charge in [0.2, 0.25) is 5.69 Å². The Kier molecular flexibility index (Phi) is 5.28. The first-order valence-electron chi connectivity index (χ1n) is 15.4. The Balaban J connectivity index is 1.60. The second-order valence-corrected chi connectivity index (χ2v) is 13.6. The first-order valence-corrected chi connectivity index (χ1v) is 14.9. The van der Waals surface area contributed by atoms with Crippen LogP contribution in [0, 0.1) is 6.92 Å². The van der Waals surface area contributed by atoms with E-state index in [1.165, 1.54) is 61.5 Å². The van der Waals surface area contributed by atoms with Gasteiger partial charge in [0.25, 0.3) is 0 Å². The maximum absolute atomic E-state index is 9.76. The van der Waals surface area contributed by atoms with E-state index in [-0.39, 0.29) is 10.8 Å². The molecule has 7 rings (SSSR count). The minimum absolute atomic E-state index is 0.00567. The SMILES string of the molecule is [2H]C1(c2c[n+](C)c(-c3c(C)ccc4c3oc3cc5ccccc5cc34)c3c2C(C)(C)CCC3(C)C)CCCCC1. The van der Waals surface area contributed by atoms with Crippen molar-refractivity contribution < 1.29 is 10.4 Å². The number of fused-ring (bicyclic) bond motifs is 5. The van der Waals surface area contributed by atoms with Crippen LogP contribution in [0.1, 0.15) is 102 Å². The van der Waals surface area contributed by atoms with Gasteiger partial charge in [-0.3, -0.25) is 0 Å². The molecule has 200 valence electrons. The minimum atomic E-state index is -0.510. The molecule has 2 heterocycles. The van der Waals surface area contributed by atoms with E-state index in [0.29, 0.717) is 0 Å². The Morgan fingerprint density at radius 1 is 0.846 bits per heavy atom. The largest absolute Gasteiger partial charge is 0.455 e. The molecule has 0 saturated heterocycles. The topological polar surface area (TPSA) is 17.0 Å². The summed E-state index contributed by atoms with van der Waals surface area (Å²) in [6, 6.07) is 17.5. The summed E-state index contributed by atoms with van der Waals surface area (Å²) in [5.41, 5.74) is 9.78. The molecule has 2 nitrogen and oxygen atoms in total. The molecule has 0 unspecified atom stereocenters. The maximum Gasteiger partial charge on any atom is 0.220 e. The van der Waals surface area contributed by atoms with Gasteiger partial charge in [-0.1, -0.05) is 83.4 Å². The van der Waals surface area contributed by atoms with Gasteiger partial charge in [0, 0.05) is 23.3 Å². The fourth-order valence-electron chi connectivity index (χ4n) is 7.72. The predicted molar refractivity (Wildman–Crippen MR) is 164 cm³/mol. The summed E-state index contributed by atoms with van der Waals surface area (Å²) in [6.07, 6.45) is 10.1. The lowest BCUT2D eigenvalue weighted by atomic mass is 9.60. The van der Waals surface area contributed by atoms with Crippen LogP contribution in [0.3, 0.4) is 0 Å². The Bertz CT molecular complexity index is 1820. The molecule has 0 spiro atoms. The van der Waals surface area contributed by atoms with Gasteiger partial charge >= 0.3 is 0 Å². The van der Waals surface area contributed by atoms with Gasteiger partial charge < -0.3 is 4.42 Å². The fourth-order valence-corrected chi connectivity index (χ4v) is 7.72. The maximum atomic E-state index is 9.76. The molecule has 0 atom stereocenters. The third kappa shape index (κ3) is 3.78. The Morgan fingerprint density at radius 3 is 2.23 bits per heavy atom. The van der Waals surface area contributed by atoms with E-state index in [9.17, 15) is 1.37 Å². The number of nitrogens with zero attached hydrogens (tertiary/aromatic N) is 1. The molecule has 0 amide bonds. The molecule has 0 radical (unpaired) electrons. The fraction of sp³-hybridized carbons (Fsp3) is 0.432. The van der Waals surface area contributed by atoms with Crippen molar-refractivity contribution in [2.24, 2.45) is 7.05 Å². The summed E-state index contributed by atoms with van der Waals surface area (Å²) < 4.78 is 18.9. The first kappa shape index (κ1) is 23.7.